The number of aryl methyl sites for hydroxylation is 1. The monoisotopic (exact) mass is 209 g/mol. The first-order chi connectivity index (χ1) is 6.79. The van der Waals surface area contributed by atoms with Crippen molar-refractivity contribution in [3.63, 3.8) is 0 Å². The van der Waals surface area contributed by atoms with Crippen LogP contribution < -0.4 is 5.32 Å². The summed E-state index contributed by atoms with van der Waals surface area (Å²) in [6, 6.07) is 2.14. The first-order valence-corrected chi connectivity index (χ1v) is 6.02. The number of rotatable bonds is 4. The maximum Gasteiger partial charge on any atom is 0.229 e. The van der Waals surface area contributed by atoms with Crippen LogP contribution in [0.3, 0.4) is 0 Å². The molecule has 1 aromatic rings. The molecular formula is C11H15NOS. The minimum Gasteiger partial charge on any atom is -0.325 e. The van der Waals surface area contributed by atoms with Crippen molar-refractivity contribution in [2.24, 2.45) is 0 Å². The zero-order valence-corrected chi connectivity index (χ0v) is 9.25. The first-order valence-electron chi connectivity index (χ1n) is 5.21. The molecule has 1 amide bonds. The van der Waals surface area contributed by atoms with Crippen molar-refractivity contribution in [3.8, 4) is 0 Å². The quantitative estimate of drug-likeness (QED) is 0.759. The third-order valence-corrected chi connectivity index (χ3v) is 3.68. The summed E-state index contributed by atoms with van der Waals surface area (Å²) >= 11 is 1.79. The van der Waals surface area contributed by atoms with Crippen LogP contribution in [0.1, 0.15) is 35.9 Å². The molecule has 2 nitrogen and oxygen atoms in total. The lowest BCUT2D eigenvalue weighted by molar-refractivity contribution is -0.115. The first kappa shape index (κ1) is 9.71. The average Bonchev–Trinajstić information content (AvgIpc) is 2.61. The summed E-state index contributed by atoms with van der Waals surface area (Å²) in [4.78, 5) is 13.7. The van der Waals surface area contributed by atoms with Gasteiger partial charge in [0.15, 0.2) is 0 Å². The Morgan fingerprint density at radius 3 is 3.07 bits per heavy atom. The normalized spacial score (nSPS) is 14.2. The molecule has 0 saturated carbocycles. The molecule has 14 heavy (non-hydrogen) atoms. The number of thiophene rings is 1. The second kappa shape index (κ2) is 4.13. The van der Waals surface area contributed by atoms with Gasteiger partial charge in [-0.3, -0.25) is 4.79 Å². The number of unbranched alkanes of at least 4 members (excludes halogenated alkanes) is 2. The maximum absolute atomic E-state index is 11.0. The summed E-state index contributed by atoms with van der Waals surface area (Å²) in [5.74, 6) is 0.145. The maximum atomic E-state index is 11.0. The molecule has 0 bridgehead atoms. The lowest BCUT2D eigenvalue weighted by Crippen LogP contribution is -2.04. The Hall–Kier alpha value is -0.830. The van der Waals surface area contributed by atoms with E-state index in [0.717, 1.165) is 5.69 Å². The molecule has 0 aliphatic carbocycles. The van der Waals surface area contributed by atoms with Crippen LogP contribution >= 0.6 is 11.3 Å². The molecule has 2 heterocycles. The van der Waals surface area contributed by atoms with E-state index in [4.69, 9.17) is 0 Å². The lowest BCUT2D eigenvalue weighted by Gasteiger charge is -1.95. The predicted molar refractivity (Wildman–Crippen MR) is 59.9 cm³/mol. The van der Waals surface area contributed by atoms with Crippen molar-refractivity contribution in [2.45, 2.75) is 39.0 Å². The van der Waals surface area contributed by atoms with Crippen molar-refractivity contribution in [3.05, 3.63) is 15.8 Å². The molecule has 0 unspecified atom stereocenters. The van der Waals surface area contributed by atoms with Crippen LogP contribution in [0, 0.1) is 0 Å². The molecule has 3 heteroatoms. The van der Waals surface area contributed by atoms with Gasteiger partial charge in [0.05, 0.1) is 12.1 Å². The van der Waals surface area contributed by atoms with Gasteiger partial charge in [0, 0.05) is 9.75 Å². The number of carbonyl (C=O) groups excluding carboxylic acids is 1. The molecule has 0 spiro atoms. The van der Waals surface area contributed by atoms with Gasteiger partial charge in [-0.2, -0.15) is 0 Å². The Bertz CT molecular complexity index is 318. The number of hydrogen-bond acceptors (Lipinski definition) is 2. The number of anilines is 1. The summed E-state index contributed by atoms with van der Waals surface area (Å²) in [6.07, 6.45) is 5.59. The Balaban J connectivity index is 1.95. The summed E-state index contributed by atoms with van der Waals surface area (Å²) in [6.45, 7) is 2.22. The highest BCUT2D eigenvalue weighted by Crippen LogP contribution is 2.32. The Labute approximate surface area is 88.3 Å². The van der Waals surface area contributed by atoms with E-state index in [1.165, 1.54) is 35.4 Å². The fourth-order valence-electron chi connectivity index (χ4n) is 1.73. The van der Waals surface area contributed by atoms with Gasteiger partial charge in [-0.1, -0.05) is 19.8 Å². The number of nitrogens with one attached hydrogen (secondary N) is 1. The van der Waals surface area contributed by atoms with Gasteiger partial charge in [-0.15, -0.1) is 11.3 Å². The molecule has 0 radical (unpaired) electrons. The zero-order chi connectivity index (χ0) is 9.97. The van der Waals surface area contributed by atoms with E-state index >= 15 is 0 Å². The smallest absolute Gasteiger partial charge is 0.229 e. The molecule has 0 atom stereocenters. The largest absolute Gasteiger partial charge is 0.325 e. The summed E-state index contributed by atoms with van der Waals surface area (Å²) in [7, 11) is 0. The highest BCUT2D eigenvalue weighted by molar-refractivity contribution is 7.12. The van der Waals surface area contributed by atoms with E-state index in [9.17, 15) is 4.79 Å². The van der Waals surface area contributed by atoms with Gasteiger partial charge in [0.1, 0.15) is 0 Å². The van der Waals surface area contributed by atoms with Crippen molar-refractivity contribution in [2.75, 3.05) is 5.32 Å². The summed E-state index contributed by atoms with van der Waals surface area (Å²) in [5.41, 5.74) is 1.06. The number of hydrogen-bond donors (Lipinski definition) is 1. The topological polar surface area (TPSA) is 29.1 Å². The predicted octanol–water partition coefficient (Wildman–Crippen LogP) is 2.98. The van der Waals surface area contributed by atoms with Crippen LogP contribution in [0.2, 0.25) is 0 Å². The number of amides is 1. The van der Waals surface area contributed by atoms with Gasteiger partial charge in [0.25, 0.3) is 0 Å². The van der Waals surface area contributed by atoms with E-state index in [1.54, 1.807) is 11.3 Å². The number of fused-ring (bicyclic) bond motifs is 1. The van der Waals surface area contributed by atoms with E-state index in [2.05, 4.69) is 18.3 Å². The molecule has 2 rings (SSSR count). The van der Waals surface area contributed by atoms with Crippen LogP contribution in [-0.4, -0.2) is 5.91 Å². The molecule has 0 saturated heterocycles. The Morgan fingerprint density at radius 2 is 2.36 bits per heavy atom. The van der Waals surface area contributed by atoms with Crippen LogP contribution in [0.4, 0.5) is 5.69 Å². The minimum atomic E-state index is 0.145. The molecule has 1 aliphatic rings. The molecular weight excluding hydrogens is 194 g/mol. The fourth-order valence-corrected chi connectivity index (χ4v) is 2.90. The van der Waals surface area contributed by atoms with Crippen LogP contribution in [0.15, 0.2) is 6.07 Å². The molecule has 76 valence electrons. The van der Waals surface area contributed by atoms with Crippen molar-refractivity contribution in [1.29, 1.82) is 0 Å². The van der Waals surface area contributed by atoms with Gasteiger partial charge < -0.3 is 5.32 Å². The second-order valence-electron chi connectivity index (χ2n) is 3.73. The lowest BCUT2D eigenvalue weighted by atomic mass is 10.2. The third kappa shape index (κ3) is 1.98. The molecule has 1 N–H and O–H groups in total. The molecule has 0 fully saturated rings. The van der Waals surface area contributed by atoms with E-state index in [-0.39, 0.29) is 5.91 Å². The SMILES string of the molecule is CCCCCc1cc2c(s1)CC(=O)N2. The third-order valence-electron chi connectivity index (χ3n) is 2.48. The highest BCUT2D eigenvalue weighted by atomic mass is 32.1. The van der Waals surface area contributed by atoms with Crippen LogP contribution in [0.5, 0.6) is 0 Å². The molecule has 1 aromatic heterocycles. The summed E-state index contributed by atoms with van der Waals surface area (Å²) < 4.78 is 0. The molecule has 1 aliphatic heterocycles. The zero-order valence-electron chi connectivity index (χ0n) is 8.43. The van der Waals surface area contributed by atoms with Gasteiger partial charge in [0.2, 0.25) is 5.91 Å². The minimum absolute atomic E-state index is 0.145. The number of carbonyl (C=O) groups is 1. The van der Waals surface area contributed by atoms with E-state index in [0.29, 0.717) is 6.42 Å². The van der Waals surface area contributed by atoms with Crippen LogP contribution in [-0.2, 0) is 17.6 Å². The summed E-state index contributed by atoms with van der Waals surface area (Å²) in [5, 5.41) is 2.88. The van der Waals surface area contributed by atoms with Crippen molar-refractivity contribution in [1.82, 2.24) is 0 Å². The van der Waals surface area contributed by atoms with E-state index < -0.39 is 0 Å². The van der Waals surface area contributed by atoms with Gasteiger partial charge >= 0.3 is 0 Å². The Morgan fingerprint density at radius 1 is 1.50 bits per heavy atom. The second-order valence-corrected chi connectivity index (χ2v) is 4.95. The average molecular weight is 209 g/mol. The standard InChI is InChI=1S/C11H15NOS/c1-2-3-4-5-8-6-9-10(14-8)7-11(13)12-9/h6H,2-5,7H2,1H3,(H,12,13). The Kier molecular flexibility index (Phi) is 2.87. The van der Waals surface area contributed by atoms with Gasteiger partial charge in [-0.25, -0.2) is 0 Å². The van der Waals surface area contributed by atoms with Gasteiger partial charge in [-0.05, 0) is 18.9 Å². The highest BCUT2D eigenvalue weighted by Gasteiger charge is 2.20. The van der Waals surface area contributed by atoms with Crippen molar-refractivity contribution >= 4 is 22.9 Å². The van der Waals surface area contributed by atoms with E-state index in [1.807, 2.05) is 0 Å². The molecule has 0 aromatic carbocycles. The van der Waals surface area contributed by atoms with Crippen molar-refractivity contribution < 1.29 is 4.79 Å². The fraction of sp³-hybridized carbons (Fsp3) is 0.545. The van der Waals surface area contributed by atoms with Crippen LogP contribution in [0.25, 0.3) is 0 Å².